The third-order valence-electron chi connectivity index (χ3n) is 5.90. The molecule has 1 aromatic heterocycles. The molecule has 160 valence electrons. The maximum absolute atomic E-state index is 13.9. The third-order valence-corrected chi connectivity index (χ3v) is 5.90. The molecule has 1 aliphatic carbocycles. The van der Waals surface area contributed by atoms with E-state index in [1.54, 1.807) is 30.3 Å². The van der Waals surface area contributed by atoms with Gasteiger partial charge in [0.2, 0.25) is 11.8 Å². The van der Waals surface area contributed by atoms with Gasteiger partial charge in [0.25, 0.3) is 0 Å². The van der Waals surface area contributed by atoms with Gasteiger partial charge in [0.05, 0.1) is 11.6 Å². The van der Waals surface area contributed by atoms with Crippen LogP contribution < -0.4 is 5.32 Å². The Morgan fingerprint density at radius 1 is 1.13 bits per heavy atom. The number of benzene rings is 1. The quantitative estimate of drug-likeness (QED) is 0.758. The average molecular weight is 413 g/mol. The first-order valence-electron chi connectivity index (χ1n) is 10.7. The number of furan rings is 1. The number of piperazine rings is 1. The Kier molecular flexibility index (Phi) is 6.18. The first-order valence-corrected chi connectivity index (χ1v) is 10.7. The van der Waals surface area contributed by atoms with Gasteiger partial charge in [0.15, 0.2) is 0 Å². The summed E-state index contributed by atoms with van der Waals surface area (Å²) in [4.78, 5) is 28.8. The van der Waals surface area contributed by atoms with Crippen molar-refractivity contribution in [3.8, 4) is 11.3 Å². The molecule has 2 aromatic rings. The highest BCUT2D eigenvalue weighted by molar-refractivity contribution is 5.82. The molecule has 1 saturated heterocycles. The summed E-state index contributed by atoms with van der Waals surface area (Å²) < 4.78 is 19.6. The van der Waals surface area contributed by atoms with Crippen LogP contribution in [0, 0.1) is 5.82 Å². The second-order valence-corrected chi connectivity index (χ2v) is 8.12. The summed E-state index contributed by atoms with van der Waals surface area (Å²) in [5.74, 6) is 0.981. The van der Waals surface area contributed by atoms with Crippen LogP contribution >= 0.6 is 0 Å². The van der Waals surface area contributed by atoms with Gasteiger partial charge in [-0.1, -0.05) is 12.1 Å². The van der Waals surface area contributed by atoms with Crippen LogP contribution in [0.25, 0.3) is 11.3 Å². The number of nitrogens with zero attached hydrogens (tertiary/aromatic N) is 2. The van der Waals surface area contributed by atoms with Crippen molar-refractivity contribution in [2.24, 2.45) is 0 Å². The van der Waals surface area contributed by atoms with Crippen molar-refractivity contribution in [2.45, 2.75) is 44.7 Å². The molecule has 2 heterocycles. The molecule has 1 atom stereocenters. The van der Waals surface area contributed by atoms with Crippen LogP contribution in [0.15, 0.2) is 40.8 Å². The van der Waals surface area contributed by atoms with E-state index in [0.717, 1.165) is 12.8 Å². The van der Waals surface area contributed by atoms with Crippen molar-refractivity contribution in [1.29, 1.82) is 0 Å². The normalized spacial score (nSPS) is 18.3. The Bertz CT molecular complexity index is 901. The van der Waals surface area contributed by atoms with Gasteiger partial charge in [-0.2, -0.15) is 0 Å². The van der Waals surface area contributed by atoms with Gasteiger partial charge in [-0.05, 0) is 44.0 Å². The standard InChI is InChI=1S/C23H28FN3O3/c1-16(23(29)25-17-6-7-17)26-12-14-27(15-13-26)22(28)11-9-18-8-10-21(30-18)19-4-2-3-5-20(19)24/h2-5,8,10,16-17H,6-7,9,11-15H2,1H3,(H,25,29). The molecule has 1 saturated carbocycles. The molecule has 6 nitrogen and oxygen atoms in total. The SMILES string of the molecule is CC(C(=O)NC1CC1)N1CCN(C(=O)CCc2ccc(-c3ccccc3F)o2)CC1. The molecular formula is C23H28FN3O3. The maximum Gasteiger partial charge on any atom is 0.237 e. The van der Waals surface area contributed by atoms with E-state index in [2.05, 4.69) is 10.2 Å². The predicted octanol–water partition coefficient (Wildman–Crippen LogP) is 2.83. The number of aryl methyl sites for hydroxylation is 1. The lowest BCUT2D eigenvalue weighted by molar-refractivity contribution is -0.134. The Labute approximate surface area is 176 Å². The maximum atomic E-state index is 13.9. The van der Waals surface area contributed by atoms with Gasteiger partial charge >= 0.3 is 0 Å². The number of halogens is 1. The summed E-state index contributed by atoms with van der Waals surface area (Å²) in [6.07, 6.45) is 2.99. The molecule has 2 amide bonds. The molecule has 0 bridgehead atoms. The zero-order chi connectivity index (χ0) is 21.1. The molecule has 1 unspecified atom stereocenters. The second-order valence-electron chi connectivity index (χ2n) is 8.12. The van der Waals surface area contributed by atoms with Crippen LogP contribution in [0.1, 0.15) is 31.9 Å². The van der Waals surface area contributed by atoms with Crippen LogP contribution in [0.2, 0.25) is 0 Å². The number of carbonyl (C=O) groups is 2. The Morgan fingerprint density at radius 2 is 1.87 bits per heavy atom. The van der Waals surface area contributed by atoms with Crippen LogP contribution in [0.4, 0.5) is 4.39 Å². The van der Waals surface area contributed by atoms with Crippen molar-refractivity contribution < 1.29 is 18.4 Å². The summed E-state index contributed by atoms with van der Waals surface area (Å²) in [5, 5.41) is 3.05. The highest BCUT2D eigenvalue weighted by Crippen LogP contribution is 2.25. The van der Waals surface area contributed by atoms with E-state index in [1.807, 2.05) is 11.8 Å². The van der Waals surface area contributed by atoms with Crippen molar-refractivity contribution in [2.75, 3.05) is 26.2 Å². The van der Waals surface area contributed by atoms with Gasteiger partial charge in [-0.3, -0.25) is 14.5 Å². The van der Waals surface area contributed by atoms with Crippen LogP contribution in [-0.4, -0.2) is 59.9 Å². The number of amides is 2. The molecule has 0 radical (unpaired) electrons. The van der Waals surface area contributed by atoms with E-state index < -0.39 is 0 Å². The zero-order valence-corrected chi connectivity index (χ0v) is 17.3. The highest BCUT2D eigenvalue weighted by atomic mass is 19.1. The van der Waals surface area contributed by atoms with Crippen LogP contribution in [0.5, 0.6) is 0 Å². The highest BCUT2D eigenvalue weighted by Gasteiger charge is 2.30. The second kappa shape index (κ2) is 9.00. The van der Waals surface area contributed by atoms with E-state index in [0.29, 0.717) is 62.1 Å². The fourth-order valence-corrected chi connectivity index (χ4v) is 3.78. The lowest BCUT2D eigenvalue weighted by atomic mass is 10.1. The van der Waals surface area contributed by atoms with E-state index in [4.69, 9.17) is 4.42 Å². The zero-order valence-electron chi connectivity index (χ0n) is 17.3. The number of hydrogen-bond acceptors (Lipinski definition) is 4. The topological polar surface area (TPSA) is 65.8 Å². The number of nitrogens with one attached hydrogen (secondary N) is 1. The van der Waals surface area contributed by atoms with Gasteiger partial charge in [0.1, 0.15) is 17.3 Å². The minimum Gasteiger partial charge on any atom is -0.461 e. The molecule has 2 aliphatic rings. The van der Waals surface area contributed by atoms with Crippen molar-refractivity contribution >= 4 is 11.8 Å². The van der Waals surface area contributed by atoms with Gasteiger partial charge < -0.3 is 14.6 Å². The molecule has 1 N–H and O–H groups in total. The summed E-state index contributed by atoms with van der Waals surface area (Å²) in [7, 11) is 0. The molecule has 1 aromatic carbocycles. The average Bonchev–Trinajstić information content (AvgIpc) is 3.45. The number of hydrogen-bond donors (Lipinski definition) is 1. The molecule has 2 fully saturated rings. The summed E-state index contributed by atoms with van der Waals surface area (Å²) in [6, 6.07) is 10.2. The first-order chi connectivity index (χ1) is 14.5. The molecular weight excluding hydrogens is 385 g/mol. The largest absolute Gasteiger partial charge is 0.461 e. The van der Waals surface area contributed by atoms with Crippen molar-refractivity contribution in [3.63, 3.8) is 0 Å². The molecule has 30 heavy (non-hydrogen) atoms. The summed E-state index contributed by atoms with van der Waals surface area (Å²) in [5.41, 5.74) is 0.422. The molecule has 0 spiro atoms. The van der Waals surface area contributed by atoms with E-state index in [-0.39, 0.29) is 23.7 Å². The predicted molar refractivity (Wildman–Crippen MR) is 111 cm³/mol. The lowest BCUT2D eigenvalue weighted by Gasteiger charge is -2.37. The minimum absolute atomic E-state index is 0.0774. The van der Waals surface area contributed by atoms with E-state index in [1.165, 1.54) is 6.07 Å². The lowest BCUT2D eigenvalue weighted by Crippen LogP contribution is -2.55. The molecule has 7 heteroatoms. The monoisotopic (exact) mass is 413 g/mol. The number of carbonyl (C=O) groups excluding carboxylic acids is 2. The third kappa shape index (κ3) is 4.90. The van der Waals surface area contributed by atoms with Gasteiger partial charge in [-0.15, -0.1) is 0 Å². The summed E-state index contributed by atoms with van der Waals surface area (Å²) in [6.45, 7) is 4.57. The van der Waals surface area contributed by atoms with Crippen LogP contribution in [0.3, 0.4) is 0 Å². The number of rotatable bonds is 7. The minimum atomic E-state index is -0.326. The fourth-order valence-electron chi connectivity index (χ4n) is 3.78. The van der Waals surface area contributed by atoms with Crippen LogP contribution in [-0.2, 0) is 16.0 Å². The van der Waals surface area contributed by atoms with Gasteiger partial charge in [0, 0.05) is 45.1 Å². The van der Waals surface area contributed by atoms with E-state index >= 15 is 0 Å². The summed E-state index contributed by atoms with van der Waals surface area (Å²) >= 11 is 0. The Balaban J connectivity index is 1.23. The molecule has 1 aliphatic heterocycles. The molecule has 4 rings (SSSR count). The van der Waals surface area contributed by atoms with Crippen molar-refractivity contribution in [1.82, 2.24) is 15.1 Å². The Hall–Kier alpha value is -2.67. The van der Waals surface area contributed by atoms with E-state index in [9.17, 15) is 14.0 Å². The first kappa shape index (κ1) is 20.6. The smallest absolute Gasteiger partial charge is 0.237 e. The Morgan fingerprint density at radius 3 is 2.57 bits per heavy atom. The fraction of sp³-hybridized carbons (Fsp3) is 0.478. The van der Waals surface area contributed by atoms with Gasteiger partial charge in [-0.25, -0.2) is 4.39 Å². The van der Waals surface area contributed by atoms with Crippen molar-refractivity contribution in [3.05, 3.63) is 48.0 Å².